The van der Waals surface area contributed by atoms with Crippen molar-refractivity contribution >= 4 is 18.0 Å². The Morgan fingerprint density at radius 1 is 1.06 bits per heavy atom. The molecular formula is C28H34N2O5. The van der Waals surface area contributed by atoms with E-state index in [0.717, 1.165) is 11.1 Å². The van der Waals surface area contributed by atoms with Crippen molar-refractivity contribution in [3.8, 4) is 11.1 Å². The van der Waals surface area contributed by atoms with Gasteiger partial charge in [0, 0.05) is 31.0 Å². The van der Waals surface area contributed by atoms with E-state index in [0.29, 0.717) is 25.9 Å². The van der Waals surface area contributed by atoms with E-state index < -0.39 is 23.4 Å². The van der Waals surface area contributed by atoms with Crippen LogP contribution < -0.4 is 5.32 Å². The van der Waals surface area contributed by atoms with Crippen molar-refractivity contribution in [1.82, 2.24) is 10.2 Å². The molecule has 0 radical (unpaired) electrons. The van der Waals surface area contributed by atoms with Crippen LogP contribution in [0, 0.1) is 17.3 Å². The largest absolute Gasteiger partial charge is 0.481 e. The van der Waals surface area contributed by atoms with E-state index in [1.807, 2.05) is 45.0 Å². The number of carbonyl (C=O) groups excluding carboxylic acids is 2. The van der Waals surface area contributed by atoms with Gasteiger partial charge in [0.25, 0.3) is 0 Å². The van der Waals surface area contributed by atoms with Crippen molar-refractivity contribution in [2.75, 3.05) is 26.2 Å². The number of likely N-dealkylation sites (tertiary alicyclic amines) is 1. The lowest BCUT2D eigenvalue weighted by Crippen LogP contribution is -2.50. The summed E-state index contributed by atoms with van der Waals surface area (Å²) in [6.45, 7) is 6.92. The number of alkyl carbamates (subject to hydrolysis) is 1. The minimum atomic E-state index is -0.857. The molecule has 2 aliphatic rings. The minimum Gasteiger partial charge on any atom is -0.481 e. The Morgan fingerprint density at radius 2 is 1.66 bits per heavy atom. The van der Waals surface area contributed by atoms with Gasteiger partial charge in [-0.15, -0.1) is 0 Å². The highest BCUT2D eigenvalue weighted by atomic mass is 16.5. The molecule has 0 saturated carbocycles. The number of rotatable bonds is 7. The number of nitrogens with one attached hydrogen (secondary N) is 1. The molecule has 2 atom stereocenters. The van der Waals surface area contributed by atoms with Crippen molar-refractivity contribution in [1.29, 1.82) is 0 Å². The first-order valence-electron chi connectivity index (χ1n) is 12.3. The molecule has 186 valence electrons. The lowest BCUT2D eigenvalue weighted by Gasteiger charge is -2.39. The van der Waals surface area contributed by atoms with E-state index in [-0.39, 0.29) is 30.9 Å². The maximum atomic E-state index is 13.1. The number of carbonyl (C=O) groups is 3. The van der Waals surface area contributed by atoms with Crippen molar-refractivity contribution < 1.29 is 24.2 Å². The Kier molecular flexibility index (Phi) is 7.15. The van der Waals surface area contributed by atoms with E-state index in [4.69, 9.17) is 4.74 Å². The number of carboxylic acids is 1. The first-order valence-corrected chi connectivity index (χ1v) is 12.3. The smallest absolute Gasteiger partial charge is 0.407 e. The van der Waals surface area contributed by atoms with Crippen LogP contribution in [0.2, 0.25) is 0 Å². The van der Waals surface area contributed by atoms with Crippen LogP contribution in [0.3, 0.4) is 0 Å². The molecule has 1 fully saturated rings. The zero-order chi connectivity index (χ0) is 25.2. The van der Waals surface area contributed by atoms with Crippen molar-refractivity contribution in [3.05, 3.63) is 59.7 Å². The number of aliphatic carboxylic acids is 1. The van der Waals surface area contributed by atoms with Gasteiger partial charge >= 0.3 is 12.1 Å². The molecule has 1 heterocycles. The third kappa shape index (κ3) is 5.19. The lowest BCUT2D eigenvalue weighted by atomic mass is 9.83. The molecule has 1 saturated heterocycles. The van der Waals surface area contributed by atoms with E-state index in [9.17, 15) is 19.5 Å². The second-order valence-electron chi connectivity index (χ2n) is 10.3. The zero-order valence-corrected chi connectivity index (χ0v) is 20.6. The van der Waals surface area contributed by atoms with Gasteiger partial charge in [0.1, 0.15) is 6.61 Å². The number of hydrogen-bond acceptors (Lipinski definition) is 4. The third-order valence-corrected chi connectivity index (χ3v) is 7.50. The summed E-state index contributed by atoms with van der Waals surface area (Å²) >= 11 is 0. The van der Waals surface area contributed by atoms with E-state index in [2.05, 4.69) is 29.6 Å². The van der Waals surface area contributed by atoms with Crippen LogP contribution >= 0.6 is 0 Å². The number of amides is 2. The van der Waals surface area contributed by atoms with Gasteiger partial charge in [-0.3, -0.25) is 9.59 Å². The number of piperidine rings is 1. The van der Waals surface area contributed by atoms with Gasteiger partial charge < -0.3 is 20.1 Å². The third-order valence-electron chi connectivity index (χ3n) is 7.50. The Labute approximate surface area is 206 Å². The summed E-state index contributed by atoms with van der Waals surface area (Å²) in [7, 11) is 0. The number of benzene rings is 2. The Hall–Kier alpha value is -3.35. The fourth-order valence-electron chi connectivity index (χ4n) is 5.24. The van der Waals surface area contributed by atoms with Gasteiger partial charge in [0.15, 0.2) is 0 Å². The summed E-state index contributed by atoms with van der Waals surface area (Å²) in [5, 5.41) is 12.2. The molecule has 4 rings (SSSR count). The normalized spacial score (nSPS) is 19.6. The fourth-order valence-corrected chi connectivity index (χ4v) is 5.24. The van der Waals surface area contributed by atoms with Gasteiger partial charge in [0.2, 0.25) is 5.91 Å². The molecular weight excluding hydrogens is 444 g/mol. The SMILES string of the molecule is CC1CCN(C(=O)C(C)(C)CCNC(=O)OCC2c3ccccc3-c3ccccc32)CC1C(=O)O. The Bertz CT molecular complexity index is 1070. The quantitative estimate of drug-likeness (QED) is 0.610. The predicted octanol–water partition coefficient (Wildman–Crippen LogP) is 4.51. The first kappa shape index (κ1) is 24.8. The molecule has 7 nitrogen and oxygen atoms in total. The number of fused-ring (bicyclic) bond motifs is 3. The average molecular weight is 479 g/mol. The summed E-state index contributed by atoms with van der Waals surface area (Å²) in [6.07, 6.45) is 0.601. The van der Waals surface area contributed by atoms with Gasteiger partial charge in [-0.1, -0.05) is 69.3 Å². The molecule has 0 spiro atoms. The molecule has 2 unspecified atom stereocenters. The highest BCUT2D eigenvalue weighted by Gasteiger charge is 2.38. The number of carboxylic acid groups (broad SMARTS) is 1. The van der Waals surface area contributed by atoms with Crippen LogP contribution in [0.5, 0.6) is 0 Å². The molecule has 2 N–H and O–H groups in total. The summed E-state index contributed by atoms with van der Waals surface area (Å²) in [6, 6.07) is 16.4. The summed E-state index contributed by atoms with van der Waals surface area (Å²) in [5.41, 5.74) is 3.94. The van der Waals surface area contributed by atoms with Crippen LogP contribution in [0.1, 0.15) is 50.7 Å². The zero-order valence-electron chi connectivity index (χ0n) is 20.6. The summed E-state index contributed by atoms with van der Waals surface area (Å²) in [4.78, 5) is 38.7. The Balaban J connectivity index is 1.28. The van der Waals surface area contributed by atoms with Crippen LogP contribution in [-0.4, -0.2) is 54.2 Å². The fraction of sp³-hybridized carbons (Fsp3) is 0.464. The molecule has 1 aliphatic heterocycles. The second kappa shape index (κ2) is 10.1. The summed E-state index contributed by atoms with van der Waals surface area (Å²) in [5.74, 6) is -1.43. The van der Waals surface area contributed by atoms with Crippen LogP contribution in [-0.2, 0) is 14.3 Å². The second-order valence-corrected chi connectivity index (χ2v) is 10.3. The molecule has 2 aromatic rings. The lowest BCUT2D eigenvalue weighted by molar-refractivity contribution is -0.151. The highest BCUT2D eigenvalue weighted by molar-refractivity contribution is 5.83. The van der Waals surface area contributed by atoms with E-state index >= 15 is 0 Å². The van der Waals surface area contributed by atoms with E-state index in [1.165, 1.54) is 11.1 Å². The van der Waals surface area contributed by atoms with Crippen molar-refractivity contribution in [3.63, 3.8) is 0 Å². The Morgan fingerprint density at radius 3 is 2.26 bits per heavy atom. The van der Waals surface area contributed by atoms with Crippen LogP contribution in [0.15, 0.2) is 48.5 Å². The van der Waals surface area contributed by atoms with Crippen molar-refractivity contribution in [2.24, 2.45) is 17.3 Å². The molecule has 35 heavy (non-hydrogen) atoms. The minimum absolute atomic E-state index is 0.00478. The van der Waals surface area contributed by atoms with Crippen LogP contribution in [0.4, 0.5) is 4.79 Å². The van der Waals surface area contributed by atoms with Gasteiger partial charge in [-0.05, 0) is 41.0 Å². The average Bonchev–Trinajstić information content (AvgIpc) is 3.16. The highest BCUT2D eigenvalue weighted by Crippen LogP contribution is 2.44. The molecule has 2 aromatic carbocycles. The molecule has 0 bridgehead atoms. The van der Waals surface area contributed by atoms with Gasteiger partial charge in [0.05, 0.1) is 5.92 Å². The molecule has 0 aromatic heterocycles. The molecule has 7 heteroatoms. The maximum Gasteiger partial charge on any atom is 0.407 e. The van der Waals surface area contributed by atoms with Gasteiger partial charge in [-0.2, -0.15) is 0 Å². The van der Waals surface area contributed by atoms with E-state index in [1.54, 1.807) is 4.90 Å². The maximum absolute atomic E-state index is 13.1. The summed E-state index contributed by atoms with van der Waals surface area (Å²) < 4.78 is 5.57. The molecule has 2 amide bonds. The van der Waals surface area contributed by atoms with Crippen molar-refractivity contribution in [2.45, 2.75) is 39.5 Å². The molecule has 1 aliphatic carbocycles. The number of ether oxygens (including phenoxy) is 1. The topological polar surface area (TPSA) is 95.9 Å². The predicted molar refractivity (Wildman–Crippen MR) is 133 cm³/mol. The first-order chi connectivity index (χ1) is 16.7. The van der Waals surface area contributed by atoms with Crippen LogP contribution in [0.25, 0.3) is 11.1 Å². The van der Waals surface area contributed by atoms with Gasteiger partial charge in [-0.25, -0.2) is 4.79 Å². The standard InChI is InChI=1S/C28H34N2O5/c1-18-12-15-30(16-23(18)25(31)32)26(33)28(2,3)13-14-29-27(34)35-17-24-21-10-6-4-8-19(21)20-9-5-7-11-22(20)24/h4-11,18,23-24H,12-17H2,1-3H3,(H,29,34)(H,31,32). The number of nitrogens with zero attached hydrogens (tertiary/aromatic N) is 1. The number of hydrogen-bond donors (Lipinski definition) is 2. The monoisotopic (exact) mass is 478 g/mol.